The third-order valence-corrected chi connectivity index (χ3v) is 1.97. The number of esters is 1. The molecule has 7 nitrogen and oxygen atoms in total. The first-order chi connectivity index (χ1) is 9.36. The van der Waals surface area contributed by atoms with Crippen molar-refractivity contribution in [1.82, 2.24) is 0 Å². The average molecular weight is 283 g/mol. The molecule has 0 aliphatic rings. The van der Waals surface area contributed by atoms with Gasteiger partial charge in [0.25, 0.3) is 0 Å². The molecule has 7 heteroatoms. The molecule has 20 heavy (non-hydrogen) atoms. The van der Waals surface area contributed by atoms with Crippen molar-refractivity contribution in [1.29, 1.82) is 0 Å². The third kappa shape index (κ3) is 8.51. The minimum absolute atomic E-state index is 0.296. The molecule has 0 bridgehead atoms. The predicted molar refractivity (Wildman–Crippen MR) is 71.3 cm³/mol. The van der Waals surface area contributed by atoms with Crippen LogP contribution in [0.25, 0.3) is 0 Å². The van der Waals surface area contributed by atoms with E-state index in [2.05, 4.69) is 0 Å². The summed E-state index contributed by atoms with van der Waals surface area (Å²) >= 11 is 0. The number of aliphatic carboxylic acids is 2. The summed E-state index contributed by atoms with van der Waals surface area (Å²) in [5.74, 6) is -2.46. The number of anilines is 1. The van der Waals surface area contributed by atoms with E-state index in [0.717, 1.165) is 0 Å². The molecule has 0 aliphatic heterocycles. The van der Waals surface area contributed by atoms with E-state index in [-0.39, 0.29) is 18.8 Å². The fourth-order valence-electron chi connectivity index (χ4n) is 1.05. The standard InChI is InChI=1S/C9H11NO2.C4H6O4/c1-2-12-9(11)7-3-5-8(10)6-4-7;5-3(6)1-2-4(7)8/h3-6H,2,10H2,1H3;1-2H2,(H,5,6)(H,7,8). The fourth-order valence-corrected chi connectivity index (χ4v) is 1.05. The monoisotopic (exact) mass is 283 g/mol. The predicted octanol–water partition coefficient (Wildman–Crippen LogP) is 1.38. The molecule has 0 amide bonds. The third-order valence-electron chi connectivity index (χ3n) is 1.97. The highest BCUT2D eigenvalue weighted by atomic mass is 16.5. The molecule has 0 fully saturated rings. The Kier molecular flexibility index (Phi) is 8.17. The Morgan fingerprint density at radius 2 is 1.50 bits per heavy atom. The SMILES string of the molecule is CCOC(=O)c1ccc(N)cc1.O=C(O)CCC(=O)O. The number of carboxylic acids is 2. The van der Waals surface area contributed by atoms with Crippen LogP contribution in [0.15, 0.2) is 24.3 Å². The van der Waals surface area contributed by atoms with E-state index in [9.17, 15) is 14.4 Å². The lowest BCUT2D eigenvalue weighted by atomic mass is 10.2. The number of rotatable bonds is 5. The second kappa shape index (κ2) is 9.37. The molecule has 0 aliphatic carbocycles. The lowest BCUT2D eigenvalue weighted by Gasteiger charge is -2.00. The number of carbonyl (C=O) groups is 3. The van der Waals surface area contributed by atoms with Crippen LogP contribution in [0.1, 0.15) is 30.1 Å². The molecule has 0 atom stereocenters. The molecule has 0 saturated carbocycles. The van der Waals surface area contributed by atoms with Crippen LogP contribution in [0.5, 0.6) is 0 Å². The molecule has 0 heterocycles. The molecule has 0 saturated heterocycles. The van der Waals surface area contributed by atoms with Crippen LogP contribution in [0.4, 0.5) is 5.69 Å². The van der Waals surface area contributed by atoms with Gasteiger partial charge in [-0.3, -0.25) is 9.59 Å². The number of hydrogen-bond acceptors (Lipinski definition) is 5. The summed E-state index contributed by atoms with van der Waals surface area (Å²) in [4.78, 5) is 30.4. The summed E-state index contributed by atoms with van der Waals surface area (Å²) in [6.45, 7) is 2.17. The average Bonchev–Trinajstić information content (AvgIpc) is 2.38. The first-order valence-electron chi connectivity index (χ1n) is 5.83. The zero-order valence-electron chi connectivity index (χ0n) is 11.0. The molecule has 0 spiro atoms. The minimum atomic E-state index is -1.08. The topological polar surface area (TPSA) is 127 Å². The summed E-state index contributed by atoms with van der Waals surface area (Å²) in [6.07, 6.45) is -0.593. The van der Waals surface area contributed by atoms with Gasteiger partial charge in [-0.15, -0.1) is 0 Å². The van der Waals surface area contributed by atoms with E-state index >= 15 is 0 Å². The van der Waals surface area contributed by atoms with Crippen molar-refractivity contribution in [3.8, 4) is 0 Å². The van der Waals surface area contributed by atoms with Crippen molar-refractivity contribution in [2.75, 3.05) is 12.3 Å². The van der Waals surface area contributed by atoms with E-state index < -0.39 is 11.9 Å². The number of carbonyl (C=O) groups excluding carboxylic acids is 1. The van der Waals surface area contributed by atoms with Gasteiger partial charge in [-0.2, -0.15) is 0 Å². The quantitative estimate of drug-likeness (QED) is 0.550. The molecular formula is C13H17NO6. The first kappa shape index (κ1) is 17.4. The molecule has 1 aromatic rings. The van der Waals surface area contributed by atoms with Gasteiger partial charge in [0.2, 0.25) is 0 Å². The normalized spacial score (nSPS) is 9.05. The Morgan fingerprint density at radius 3 is 1.85 bits per heavy atom. The van der Waals surface area contributed by atoms with Gasteiger partial charge in [0.15, 0.2) is 0 Å². The van der Waals surface area contributed by atoms with Crippen LogP contribution in [0, 0.1) is 0 Å². The number of ether oxygens (including phenoxy) is 1. The Bertz CT molecular complexity index is 440. The molecule has 110 valence electrons. The van der Waals surface area contributed by atoms with Crippen molar-refractivity contribution < 1.29 is 29.3 Å². The highest BCUT2D eigenvalue weighted by Crippen LogP contribution is 2.06. The maximum atomic E-state index is 11.1. The molecular weight excluding hydrogens is 266 g/mol. The Labute approximate surface area is 116 Å². The second-order valence-corrected chi connectivity index (χ2v) is 3.63. The first-order valence-corrected chi connectivity index (χ1v) is 5.83. The van der Waals surface area contributed by atoms with Crippen molar-refractivity contribution >= 4 is 23.6 Å². The Morgan fingerprint density at radius 1 is 1.05 bits per heavy atom. The number of carboxylic acid groups (broad SMARTS) is 2. The van der Waals surface area contributed by atoms with Crippen LogP contribution < -0.4 is 5.73 Å². The fraction of sp³-hybridized carbons (Fsp3) is 0.308. The number of benzene rings is 1. The van der Waals surface area contributed by atoms with Gasteiger partial charge in [0.05, 0.1) is 25.0 Å². The summed E-state index contributed by atoms with van der Waals surface area (Å²) < 4.78 is 4.79. The van der Waals surface area contributed by atoms with Crippen molar-refractivity contribution in [2.45, 2.75) is 19.8 Å². The largest absolute Gasteiger partial charge is 0.481 e. The van der Waals surface area contributed by atoms with Gasteiger partial charge in [0, 0.05) is 5.69 Å². The van der Waals surface area contributed by atoms with Crippen molar-refractivity contribution in [2.24, 2.45) is 0 Å². The summed E-state index contributed by atoms with van der Waals surface area (Å²) in [5, 5.41) is 15.8. The van der Waals surface area contributed by atoms with E-state index in [1.54, 1.807) is 31.2 Å². The highest BCUT2D eigenvalue weighted by Gasteiger charge is 2.03. The minimum Gasteiger partial charge on any atom is -0.481 e. The van der Waals surface area contributed by atoms with Crippen LogP contribution in [0.2, 0.25) is 0 Å². The molecule has 0 radical (unpaired) electrons. The van der Waals surface area contributed by atoms with Gasteiger partial charge in [-0.25, -0.2) is 4.79 Å². The zero-order chi connectivity index (χ0) is 15.5. The molecule has 1 rings (SSSR count). The molecule has 0 unspecified atom stereocenters. The van der Waals surface area contributed by atoms with Gasteiger partial charge in [-0.1, -0.05) is 0 Å². The van der Waals surface area contributed by atoms with E-state index in [1.807, 2.05) is 0 Å². The van der Waals surface area contributed by atoms with E-state index in [0.29, 0.717) is 17.9 Å². The number of hydrogen-bond donors (Lipinski definition) is 3. The maximum Gasteiger partial charge on any atom is 0.338 e. The van der Waals surface area contributed by atoms with Crippen LogP contribution in [0.3, 0.4) is 0 Å². The molecule has 1 aromatic carbocycles. The van der Waals surface area contributed by atoms with Gasteiger partial charge in [-0.05, 0) is 31.2 Å². The summed E-state index contributed by atoms with van der Waals surface area (Å²) in [7, 11) is 0. The lowest BCUT2D eigenvalue weighted by Crippen LogP contribution is -2.04. The van der Waals surface area contributed by atoms with Crippen LogP contribution in [-0.2, 0) is 14.3 Å². The van der Waals surface area contributed by atoms with Crippen molar-refractivity contribution in [3.05, 3.63) is 29.8 Å². The van der Waals surface area contributed by atoms with Gasteiger partial charge < -0.3 is 20.7 Å². The summed E-state index contributed by atoms with van der Waals surface area (Å²) in [6, 6.07) is 6.64. The zero-order valence-corrected chi connectivity index (χ0v) is 11.0. The Balaban J connectivity index is 0.000000396. The van der Waals surface area contributed by atoms with Gasteiger partial charge in [0.1, 0.15) is 0 Å². The molecule has 4 N–H and O–H groups in total. The molecule has 0 aromatic heterocycles. The highest BCUT2D eigenvalue weighted by molar-refractivity contribution is 5.89. The smallest absolute Gasteiger partial charge is 0.338 e. The van der Waals surface area contributed by atoms with Crippen LogP contribution >= 0.6 is 0 Å². The maximum absolute atomic E-state index is 11.1. The van der Waals surface area contributed by atoms with Gasteiger partial charge >= 0.3 is 17.9 Å². The van der Waals surface area contributed by atoms with Crippen LogP contribution in [-0.4, -0.2) is 34.7 Å². The lowest BCUT2D eigenvalue weighted by molar-refractivity contribution is -0.143. The van der Waals surface area contributed by atoms with E-state index in [1.165, 1.54) is 0 Å². The Hall–Kier alpha value is -2.57. The van der Waals surface area contributed by atoms with Crippen molar-refractivity contribution in [3.63, 3.8) is 0 Å². The number of nitrogens with two attached hydrogens (primary N) is 1. The second-order valence-electron chi connectivity index (χ2n) is 3.63. The number of nitrogen functional groups attached to an aromatic ring is 1. The van der Waals surface area contributed by atoms with E-state index in [4.69, 9.17) is 20.7 Å². The summed E-state index contributed by atoms with van der Waals surface area (Å²) in [5.41, 5.74) is 6.62.